The van der Waals surface area contributed by atoms with E-state index in [1.165, 1.54) is 32.2 Å². The lowest BCUT2D eigenvalue weighted by Crippen LogP contribution is -2.51. The van der Waals surface area contributed by atoms with Crippen LogP contribution < -0.4 is 5.73 Å². The van der Waals surface area contributed by atoms with E-state index < -0.39 is 0 Å². The first-order valence-corrected chi connectivity index (χ1v) is 7.32. The molecule has 17 heavy (non-hydrogen) atoms. The van der Waals surface area contributed by atoms with Crippen molar-refractivity contribution in [2.24, 2.45) is 11.7 Å². The van der Waals surface area contributed by atoms with Crippen LogP contribution in [0.25, 0.3) is 0 Å². The molecule has 3 nitrogen and oxygen atoms in total. The SMILES string of the molecule is CCC1CC(N2CC(CN)CCC2C)CCO1. The first-order valence-electron chi connectivity index (χ1n) is 7.32. The molecular formula is C14H28N2O. The Morgan fingerprint density at radius 1 is 1.29 bits per heavy atom. The van der Waals surface area contributed by atoms with E-state index in [2.05, 4.69) is 18.7 Å². The topological polar surface area (TPSA) is 38.5 Å². The van der Waals surface area contributed by atoms with Crippen molar-refractivity contribution in [3.63, 3.8) is 0 Å². The molecule has 2 aliphatic heterocycles. The van der Waals surface area contributed by atoms with Crippen molar-refractivity contribution in [3.05, 3.63) is 0 Å². The Labute approximate surface area is 106 Å². The molecule has 0 amide bonds. The van der Waals surface area contributed by atoms with E-state index in [-0.39, 0.29) is 0 Å². The van der Waals surface area contributed by atoms with Crippen molar-refractivity contribution < 1.29 is 4.74 Å². The maximum Gasteiger partial charge on any atom is 0.0587 e. The molecule has 0 radical (unpaired) electrons. The number of nitrogens with zero attached hydrogens (tertiary/aromatic N) is 1. The predicted octanol–water partition coefficient (Wildman–Crippen LogP) is 2.00. The lowest BCUT2D eigenvalue weighted by Gasteiger charge is -2.45. The van der Waals surface area contributed by atoms with Gasteiger partial charge in [-0.3, -0.25) is 4.90 Å². The van der Waals surface area contributed by atoms with Crippen molar-refractivity contribution in [2.75, 3.05) is 19.7 Å². The fourth-order valence-electron chi connectivity index (χ4n) is 3.36. The summed E-state index contributed by atoms with van der Waals surface area (Å²) >= 11 is 0. The summed E-state index contributed by atoms with van der Waals surface area (Å²) < 4.78 is 5.79. The van der Waals surface area contributed by atoms with Gasteiger partial charge in [0.1, 0.15) is 0 Å². The Morgan fingerprint density at radius 2 is 2.12 bits per heavy atom. The van der Waals surface area contributed by atoms with Gasteiger partial charge in [0.05, 0.1) is 6.10 Å². The van der Waals surface area contributed by atoms with Crippen LogP contribution in [0.5, 0.6) is 0 Å². The Morgan fingerprint density at radius 3 is 2.82 bits per heavy atom. The molecule has 0 spiro atoms. The van der Waals surface area contributed by atoms with Gasteiger partial charge in [-0.25, -0.2) is 0 Å². The largest absolute Gasteiger partial charge is 0.378 e. The molecule has 2 fully saturated rings. The molecule has 4 atom stereocenters. The van der Waals surface area contributed by atoms with Crippen molar-refractivity contribution in [1.82, 2.24) is 4.90 Å². The van der Waals surface area contributed by atoms with E-state index in [1.54, 1.807) is 0 Å². The monoisotopic (exact) mass is 240 g/mol. The normalized spacial score (nSPS) is 40.4. The van der Waals surface area contributed by atoms with E-state index in [4.69, 9.17) is 10.5 Å². The average Bonchev–Trinajstić information content (AvgIpc) is 2.39. The lowest BCUT2D eigenvalue weighted by molar-refractivity contribution is -0.0479. The smallest absolute Gasteiger partial charge is 0.0587 e. The zero-order valence-corrected chi connectivity index (χ0v) is 11.4. The van der Waals surface area contributed by atoms with Crippen LogP contribution in [0.1, 0.15) is 46.0 Å². The average molecular weight is 240 g/mol. The third kappa shape index (κ3) is 3.21. The summed E-state index contributed by atoms with van der Waals surface area (Å²) in [6.45, 7) is 7.61. The van der Waals surface area contributed by atoms with Gasteiger partial charge < -0.3 is 10.5 Å². The van der Waals surface area contributed by atoms with Crippen LogP contribution in [0, 0.1) is 5.92 Å². The van der Waals surface area contributed by atoms with E-state index in [0.29, 0.717) is 12.0 Å². The van der Waals surface area contributed by atoms with Crippen molar-refractivity contribution >= 4 is 0 Å². The van der Waals surface area contributed by atoms with E-state index in [0.717, 1.165) is 31.7 Å². The van der Waals surface area contributed by atoms with Crippen LogP contribution in [-0.4, -0.2) is 42.8 Å². The number of hydrogen-bond donors (Lipinski definition) is 1. The predicted molar refractivity (Wildman–Crippen MR) is 71.0 cm³/mol. The van der Waals surface area contributed by atoms with Crippen LogP contribution in [0.2, 0.25) is 0 Å². The molecule has 0 bridgehead atoms. The van der Waals surface area contributed by atoms with Gasteiger partial charge in [-0.05, 0) is 51.5 Å². The van der Waals surface area contributed by atoms with E-state index in [1.807, 2.05) is 0 Å². The lowest BCUT2D eigenvalue weighted by atomic mass is 9.89. The Balaban J connectivity index is 1.94. The first kappa shape index (κ1) is 13.3. The number of piperidine rings is 1. The summed E-state index contributed by atoms with van der Waals surface area (Å²) in [6.07, 6.45) is 6.69. The van der Waals surface area contributed by atoms with Gasteiger partial charge in [-0.1, -0.05) is 6.92 Å². The third-order valence-electron chi connectivity index (χ3n) is 4.63. The number of ether oxygens (including phenoxy) is 1. The highest BCUT2D eigenvalue weighted by atomic mass is 16.5. The Hall–Kier alpha value is -0.120. The fourth-order valence-corrected chi connectivity index (χ4v) is 3.36. The maximum absolute atomic E-state index is 5.84. The zero-order chi connectivity index (χ0) is 12.3. The number of nitrogens with two attached hydrogens (primary N) is 1. The first-order chi connectivity index (χ1) is 8.24. The van der Waals surface area contributed by atoms with Crippen molar-refractivity contribution in [2.45, 2.75) is 64.1 Å². The molecule has 0 aromatic carbocycles. The minimum Gasteiger partial charge on any atom is -0.378 e. The van der Waals surface area contributed by atoms with Gasteiger partial charge in [0.25, 0.3) is 0 Å². The summed E-state index contributed by atoms with van der Waals surface area (Å²) in [5.74, 6) is 0.717. The molecule has 0 aliphatic carbocycles. The second kappa shape index (κ2) is 6.17. The van der Waals surface area contributed by atoms with Crippen LogP contribution in [0.4, 0.5) is 0 Å². The molecular weight excluding hydrogens is 212 g/mol. The van der Waals surface area contributed by atoms with Crippen molar-refractivity contribution in [1.29, 1.82) is 0 Å². The molecule has 4 unspecified atom stereocenters. The molecule has 2 N–H and O–H groups in total. The van der Waals surface area contributed by atoms with Gasteiger partial charge >= 0.3 is 0 Å². The fraction of sp³-hybridized carbons (Fsp3) is 1.00. The van der Waals surface area contributed by atoms with E-state index >= 15 is 0 Å². The quantitative estimate of drug-likeness (QED) is 0.820. The van der Waals surface area contributed by atoms with Crippen LogP contribution in [-0.2, 0) is 4.74 Å². The highest BCUT2D eigenvalue weighted by Crippen LogP contribution is 2.29. The second-order valence-electron chi connectivity index (χ2n) is 5.80. The molecule has 2 aliphatic rings. The highest BCUT2D eigenvalue weighted by Gasteiger charge is 2.33. The number of rotatable bonds is 3. The van der Waals surface area contributed by atoms with Gasteiger partial charge in [0, 0.05) is 25.2 Å². The molecule has 0 saturated carbocycles. The summed E-state index contributed by atoms with van der Waals surface area (Å²) in [5.41, 5.74) is 5.84. The highest BCUT2D eigenvalue weighted by molar-refractivity contribution is 4.87. The molecule has 2 saturated heterocycles. The zero-order valence-electron chi connectivity index (χ0n) is 11.4. The molecule has 0 aromatic rings. The second-order valence-corrected chi connectivity index (χ2v) is 5.80. The molecule has 100 valence electrons. The summed E-state index contributed by atoms with van der Waals surface area (Å²) in [4.78, 5) is 2.71. The third-order valence-corrected chi connectivity index (χ3v) is 4.63. The summed E-state index contributed by atoms with van der Waals surface area (Å²) in [6, 6.07) is 1.47. The Bertz CT molecular complexity index is 234. The van der Waals surface area contributed by atoms with Gasteiger partial charge in [-0.2, -0.15) is 0 Å². The molecule has 3 heteroatoms. The molecule has 2 heterocycles. The standard InChI is InChI=1S/C14H28N2O/c1-3-14-8-13(6-7-17-14)16-10-12(9-15)5-4-11(16)2/h11-14H,3-10,15H2,1-2H3. The van der Waals surface area contributed by atoms with Gasteiger partial charge in [0.2, 0.25) is 0 Å². The maximum atomic E-state index is 5.84. The minimum atomic E-state index is 0.485. The van der Waals surface area contributed by atoms with Crippen LogP contribution in [0.3, 0.4) is 0 Å². The van der Waals surface area contributed by atoms with Gasteiger partial charge in [-0.15, -0.1) is 0 Å². The summed E-state index contributed by atoms with van der Waals surface area (Å²) in [5, 5.41) is 0. The molecule has 2 rings (SSSR count). The molecule has 0 aromatic heterocycles. The van der Waals surface area contributed by atoms with Crippen molar-refractivity contribution in [3.8, 4) is 0 Å². The van der Waals surface area contributed by atoms with Crippen LogP contribution >= 0.6 is 0 Å². The summed E-state index contributed by atoms with van der Waals surface area (Å²) in [7, 11) is 0. The Kier molecular flexibility index (Phi) is 4.83. The van der Waals surface area contributed by atoms with Crippen LogP contribution in [0.15, 0.2) is 0 Å². The number of hydrogen-bond acceptors (Lipinski definition) is 3. The number of likely N-dealkylation sites (tertiary alicyclic amines) is 1. The van der Waals surface area contributed by atoms with E-state index in [9.17, 15) is 0 Å². The van der Waals surface area contributed by atoms with Gasteiger partial charge in [0.15, 0.2) is 0 Å². The minimum absolute atomic E-state index is 0.485.